The second-order valence-corrected chi connectivity index (χ2v) is 5.53. The number of fused-ring (bicyclic) bond motifs is 1. The molecule has 0 aliphatic heterocycles. The normalized spacial score (nSPS) is 12.7. The Balaban J connectivity index is 2.07. The van der Waals surface area contributed by atoms with E-state index < -0.39 is 0 Å². The molecule has 21 heavy (non-hydrogen) atoms. The molecule has 0 aliphatic rings. The summed E-state index contributed by atoms with van der Waals surface area (Å²) in [7, 11) is 0. The first kappa shape index (κ1) is 15.9. The van der Waals surface area contributed by atoms with Crippen LogP contribution in [-0.4, -0.2) is 28.2 Å². The molecule has 1 atom stereocenters. The summed E-state index contributed by atoms with van der Waals surface area (Å²) < 4.78 is 0. The van der Waals surface area contributed by atoms with Gasteiger partial charge in [-0.1, -0.05) is 24.9 Å². The minimum absolute atomic E-state index is 0.157. The van der Waals surface area contributed by atoms with Gasteiger partial charge < -0.3 is 15.4 Å². The van der Waals surface area contributed by atoms with Gasteiger partial charge in [0.2, 0.25) is 0 Å². The average Bonchev–Trinajstić information content (AvgIpc) is 2.45. The minimum Gasteiger partial charge on any atom is -0.396 e. The van der Waals surface area contributed by atoms with E-state index in [0.29, 0.717) is 34.2 Å². The molecule has 114 valence electrons. The van der Waals surface area contributed by atoms with Crippen LogP contribution in [0.2, 0.25) is 5.02 Å². The second kappa shape index (κ2) is 7.54. The first-order chi connectivity index (χ1) is 10.1. The standard InChI is InChI=1S/C15H20ClN3O2/c1-2-10(5-6-20)8-17-9-14-18-13-7-11(16)3-4-12(13)15(21)19-14/h3-4,7,10,17,20H,2,5-6,8-9H2,1H3,(H,18,19,21). The van der Waals surface area contributed by atoms with Crippen molar-refractivity contribution in [1.82, 2.24) is 15.3 Å². The third-order valence-corrected chi connectivity index (χ3v) is 3.79. The monoisotopic (exact) mass is 309 g/mol. The maximum absolute atomic E-state index is 12.0. The number of benzene rings is 1. The summed E-state index contributed by atoms with van der Waals surface area (Å²) >= 11 is 5.93. The van der Waals surface area contributed by atoms with Gasteiger partial charge in [0, 0.05) is 11.6 Å². The highest BCUT2D eigenvalue weighted by Gasteiger charge is 2.07. The summed E-state index contributed by atoms with van der Waals surface area (Å²) in [6.45, 7) is 3.57. The van der Waals surface area contributed by atoms with Gasteiger partial charge in [0.25, 0.3) is 5.56 Å². The van der Waals surface area contributed by atoms with Crippen molar-refractivity contribution in [2.75, 3.05) is 13.2 Å². The number of aliphatic hydroxyl groups is 1. The molecule has 0 radical (unpaired) electrons. The fraction of sp³-hybridized carbons (Fsp3) is 0.467. The highest BCUT2D eigenvalue weighted by molar-refractivity contribution is 6.31. The Morgan fingerprint density at radius 2 is 2.29 bits per heavy atom. The van der Waals surface area contributed by atoms with Crippen LogP contribution < -0.4 is 10.9 Å². The first-order valence-electron chi connectivity index (χ1n) is 7.14. The van der Waals surface area contributed by atoms with E-state index in [1.54, 1.807) is 18.2 Å². The van der Waals surface area contributed by atoms with Gasteiger partial charge in [-0.05, 0) is 37.1 Å². The van der Waals surface area contributed by atoms with Crippen LogP contribution in [0.15, 0.2) is 23.0 Å². The van der Waals surface area contributed by atoms with Gasteiger partial charge in [0.05, 0.1) is 17.4 Å². The van der Waals surface area contributed by atoms with Crippen molar-refractivity contribution in [3.8, 4) is 0 Å². The van der Waals surface area contributed by atoms with Gasteiger partial charge in [-0.3, -0.25) is 4.79 Å². The Kier molecular flexibility index (Phi) is 5.73. The predicted octanol–water partition coefficient (Wildman–Crippen LogP) is 2.07. The molecule has 0 amide bonds. The molecular formula is C15H20ClN3O2. The molecule has 2 aromatic rings. The molecule has 5 nitrogen and oxygen atoms in total. The smallest absolute Gasteiger partial charge is 0.258 e. The van der Waals surface area contributed by atoms with Crippen LogP contribution in [0.4, 0.5) is 0 Å². The Bertz CT molecular complexity index is 657. The zero-order valence-corrected chi connectivity index (χ0v) is 12.8. The number of nitrogens with zero attached hydrogens (tertiary/aromatic N) is 1. The van der Waals surface area contributed by atoms with E-state index in [1.165, 1.54) is 0 Å². The third kappa shape index (κ3) is 4.27. The van der Waals surface area contributed by atoms with Gasteiger partial charge in [-0.2, -0.15) is 0 Å². The molecule has 0 aliphatic carbocycles. The summed E-state index contributed by atoms with van der Waals surface area (Å²) in [5.41, 5.74) is 0.446. The molecule has 0 fully saturated rings. The van der Waals surface area contributed by atoms with Gasteiger partial charge in [0.15, 0.2) is 0 Å². The number of nitrogens with one attached hydrogen (secondary N) is 2. The number of H-pyrrole nitrogens is 1. The van der Waals surface area contributed by atoms with Crippen molar-refractivity contribution in [2.45, 2.75) is 26.3 Å². The molecule has 0 spiro atoms. The van der Waals surface area contributed by atoms with Gasteiger partial charge in [-0.15, -0.1) is 0 Å². The molecule has 6 heteroatoms. The van der Waals surface area contributed by atoms with Crippen LogP contribution >= 0.6 is 11.6 Å². The van der Waals surface area contributed by atoms with E-state index in [4.69, 9.17) is 16.7 Å². The summed E-state index contributed by atoms with van der Waals surface area (Å²) in [5.74, 6) is 1.02. The number of hydrogen-bond donors (Lipinski definition) is 3. The van der Waals surface area contributed by atoms with Crippen molar-refractivity contribution in [1.29, 1.82) is 0 Å². The van der Waals surface area contributed by atoms with Crippen molar-refractivity contribution >= 4 is 22.5 Å². The quantitative estimate of drug-likeness (QED) is 0.731. The molecule has 1 aromatic carbocycles. The molecule has 1 unspecified atom stereocenters. The Morgan fingerprint density at radius 3 is 3.00 bits per heavy atom. The number of aliphatic hydroxyl groups excluding tert-OH is 1. The van der Waals surface area contributed by atoms with Crippen molar-refractivity contribution < 1.29 is 5.11 Å². The lowest BCUT2D eigenvalue weighted by molar-refractivity contribution is 0.251. The molecule has 3 N–H and O–H groups in total. The molecule has 0 bridgehead atoms. The lowest BCUT2D eigenvalue weighted by Gasteiger charge is -2.14. The topological polar surface area (TPSA) is 78.0 Å². The number of aromatic amines is 1. The number of halogens is 1. The molecule has 1 aromatic heterocycles. The zero-order chi connectivity index (χ0) is 15.2. The summed E-state index contributed by atoms with van der Waals surface area (Å²) in [6, 6.07) is 5.05. The van der Waals surface area contributed by atoms with Crippen molar-refractivity contribution in [3.63, 3.8) is 0 Å². The zero-order valence-electron chi connectivity index (χ0n) is 12.0. The van der Waals surface area contributed by atoms with E-state index in [9.17, 15) is 4.79 Å². The summed E-state index contributed by atoms with van der Waals surface area (Å²) in [4.78, 5) is 19.2. The molecule has 2 rings (SSSR count). The summed E-state index contributed by atoms with van der Waals surface area (Å²) in [5, 5.41) is 13.3. The summed E-state index contributed by atoms with van der Waals surface area (Å²) in [6.07, 6.45) is 1.78. The van der Waals surface area contributed by atoms with Gasteiger partial charge >= 0.3 is 0 Å². The predicted molar refractivity (Wildman–Crippen MR) is 84.6 cm³/mol. The highest BCUT2D eigenvalue weighted by atomic mass is 35.5. The van der Waals surface area contributed by atoms with E-state index in [0.717, 1.165) is 19.4 Å². The van der Waals surface area contributed by atoms with E-state index >= 15 is 0 Å². The fourth-order valence-corrected chi connectivity index (χ4v) is 2.44. The van der Waals surface area contributed by atoms with E-state index in [1.807, 2.05) is 0 Å². The Hall–Kier alpha value is -1.43. The number of hydrogen-bond acceptors (Lipinski definition) is 4. The van der Waals surface area contributed by atoms with Crippen LogP contribution in [0.1, 0.15) is 25.6 Å². The van der Waals surface area contributed by atoms with Crippen LogP contribution in [0.5, 0.6) is 0 Å². The lowest BCUT2D eigenvalue weighted by atomic mass is 10.0. The SMILES string of the molecule is CCC(CCO)CNCc1nc2cc(Cl)ccc2c(=O)[nH]1. The molecular weight excluding hydrogens is 290 g/mol. The van der Waals surface area contributed by atoms with E-state index in [2.05, 4.69) is 22.2 Å². The van der Waals surface area contributed by atoms with Gasteiger partial charge in [0.1, 0.15) is 5.82 Å². The van der Waals surface area contributed by atoms with Crippen molar-refractivity contribution in [3.05, 3.63) is 39.4 Å². The van der Waals surface area contributed by atoms with Crippen LogP contribution in [0, 0.1) is 5.92 Å². The third-order valence-electron chi connectivity index (χ3n) is 3.56. The number of aromatic nitrogens is 2. The molecule has 0 saturated carbocycles. The maximum Gasteiger partial charge on any atom is 0.258 e. The molecule has 1 heterocycles. The first-order valence-corrected chi connectivity index (χ1v) is 7.52. The van der Waals surface area contributed by atoms with E-state index in [-0.39, 0.29) is 12.2 Å². The van der Waals surface area contributed by atoms with Crippen molar-refractivity contribution in [2.24, 2.45) is 5.92 Å². The maximum atomic E-state index is 12.0. The van der Waals surface area contributed by atoms with Crippen LogP contribution in [0.25, 0.3) is 10.9 Å². The van der Waals surface area contributed by atoms with Crippen LogP contribution in [-0.2, 0) is 6.54 Å². The highest BCUT2D eigenvalue weighted by Crippen LogP contribution is 2.14. The van der Waals surface area contributed by atoms with Gasteiger partial charge in [-0.25, -0.2) is 4.98 Å². The number of rotatable bonds is 7. The molecule has 0 saturated heterocycles. The fourth-order valence-electron chi connectivity index (χ4n) is 2.27. The Labute approximate surface area is 128 Å². The lowest BCUT2D eigenvalue weighted by Crippen LogP contribution is -2.25. The van der Waals surface area contributed by atoms with Crippen LogP contribution in [0.3, 0.4) is 0 Å². The average molecular weight is 310 g/mol. The Morgan fingerprint density at radius 1 is 1.48 bits per heavy atom. The second-order valence-electron chi connectivity index (χ2n) is 5.09. The largest absolute Gasteiger partial charge is 0.396 e. The minimum atomic E-state index is -0.157.